The van der Waals surface area contributed by atoms with Gasteiger partial charge in [0.25, 0.3) is 0 Å². The highest BCUT2D eigenvalue weighted by Crippen LogP contribution is 2.47. The lowest BCUT2D eigenvalue weighted by molar-refractivity contribution is 0.564. The second-order valence-corrected chi connectivity index (χ2v) is 6.28. The molecule has 3 nitrogen and oxygen atoms in total. The van der Waals surface area contributed by atoms with Crippen LogP contribution in [0.15, 0.2) is 53.4 Å². The summed E-state index contributed by atoms with van der Waals surface area (Å²) in [6, 6.07) is 13.6. The van der Waals surface area contributed by atoms with Crippen LogP contribution in [0.4, 0.5) is 10.1 Å². The van der Waals surface area contributed by atoms with E-state index in [1.54, 1.807) is 24.3 Å². The van der Waals surface area contributed by atoms with Crippen LogP contribution in [-0.2, 0) is 11.1 Å². The van der Waals surface area contributed by atoms with Gasteiger partial charge in [0, 0.05) is 12.2 Å². The zero-order valence-electron chi connectivity index (χ0n) is 11.3. The molecule has 0 aliphatic heterocycles. The molecule has 1 aliphatic rings. The first kappa shape index (κ1) is 14.2. The molecule has 5 heteroatoms. The Morgan fingerprint density at radius 3 is 2.43 bits per heavy atom. The minimum atomic E-state index is -1.91. The summed E-state index contributed by atoms with van der Waals surface area (Å²) in [6.45, 7) is 0.851. The fourth-order valence-corrected chi connectivity index (χ4v) is 2.90. The van der Waals surface area contributed by atoms with Crippen molar-refractivity contribution < 1.29 is 13.2 Å². The minimum absolute atomic E-state index is 0.230. The molecule has 0 saturated heterocycles. The molecule has 0 radical (unpaired) electrons. The molecule has 3 atom stereocenters. The molecule has 0 heterocycles. The third-order valence-corrected chi connectivity index (χ3v) is 4.52. The molecule has 1 aliphatic carbocycles. The van der Waals surface area contributed by atoms with Gasteiger partial charge >= 0.3 is 0 Å². The van der Waals surface area contributed by atoms with Gasteiger partial charge in [-0.2, -0.15) is 0 Å². The average molecular weight is 305 g/mol. The van der Waals surface area contributed by atoms with E-state index in [4.69, 9.17) is 4.55 Å². The second-order valence-electron chi connectivity index (χ2n) is 5.31. The van der Waals surface area contributed by atoms with Crippen molar-refractivity contribution in [2.24, 2.45) is 5.92 Å². The molecule has 110 valence electrons. The number of hydrogen-bond donors (Lipinski definition) is 2. The molecule has 0 spiro atoms. The molecule has 21 heavy (non-hydrogen) atoms. The van der Waals surface area contributed by atoms with Crippen LogP contribution in [0.2, 0.25) is 0 Å². The molecule has 0 aromatic heterocycles. The Kier molecular flexibility index (Phi) is 4.03. The van der Waals surface area contributed by atoms with E-state index in [0.717, 1.165) is 18.7 Å². The maximum Gasteiger partial charge on any atom is 0.186 e. The van der Waals surface area contributed by atoms with Crippen molar-refractivity contribution in [3.63, 3.8) is 0 Å². The summed E-state index contributed by atoms with van der Waals surface area (Å²) in [5, 5.41) is 3.31. The molecule has 1 saturated carbocycles. The van der Waals surface area contributed by atoms with Gasteiger partial charge in [-0.15, -0.1) is 0 Å². The first-order chi connectivity index (χ1) is 10.1. The number of rotatable bonds is 5. The van der Waals surface area contributed by atoms with Crippen molar-refractivity contribution in [3.8, 4) is 0 Å². The van der Waals surface area contributed by atoms with Gasteiger partial charge in [-0.3, -0.25) is 0 Å². The highest BCUT2D eigenvalue weighted by Gasteiger charge is 2.37. The third kappa shape index (κ3) is 3.49. The molecule has 2 aromatic carbocycles. The first-order valence-electron chi connectivity index (χ1n) is 6.84. The maximum atomic E-state index is 12.8. The highest BCUT2D eigenvalue weighted by atomic mass is 32.2. The summed E-state index contributed by atoms with van der Waals surface area (Å²) in [4.78, 5) is 0.431. The molecule has 2 aromatic rings. The molecule has 0 amide bonds. The van der Waals surface area contributed by atoms with Crippen molar-refractivity contribution in [2.75, 3.05) is 11.9 Å². The Hall–Kier alpha value is -1.72. The summed E-state index contributed by atoms with van der Waals surface area (Å²) >= 11 is -1.91. The largest absolute Gasteiger partial charge is 0.385 e. The van der Waals surface area contributed by atoms with Gasteiger partial charge in [-0.25, -0.2) is 8.60 Å². The first-order valence-corrected chi connectivity index (χ1v) is 7.94. The van der Waals surface area contributed by atoms with Crippen molar-refractivity contribution in [1.82, 2.24) is 0 Å². The van der Waals surface area contributed by atoms with Crippen LogP contribution in [0, 0.1) is 11.7 Å². The Labute approximate surface area is 125 Å². The van der Waals surface area contributed by atoms with Crippen LogP contribution in [0.1, 0.15) is 17.9 Å². The SMILES string of the molecule is O=S(O)c1ccc(C2CC2CNc2ccc(F)cc2)cc1. The topological polar surface area (TPSA) is 49.3 Å². The molecule has 3 rings (SSSR count). The summed E-state index contributed by atoms with van der Waals surface area (Å²) in [7, 11) is 0. The number of benzene rings is 2. The Morgan fingerprint density at radius 1 is 1.14 bits per heavy atom. The van der Waals surface area contributed by atoms with Gasteiger partial charge < -0.3 is 9.87 Å². The van der Waals surface area contributed by atoms with Gasteiger partial charge in [0.1, 0.15) is 5.82 Å². The van der Waals surface area contributed by atoms with Crippen LogP contribution >= 0.6 is 0 Å². The van der Waals surface area contributed by atoms with Gasteiger partial charge in [0.2, 0.25) is 0 Å². The summed E-state index contributed by atoms with van der Waals surface area (Å²) in [6.07, 6.45) is 1.11. The molecule has 1 fully saturated rings. The predicted molar refractivity (Wildman–Crippen MR) is 81.2 cm³/mol. The second kappa shape index (κ2) is 5.95. The molecule has 0 bridgehead atoms. The van der Waals surface area contributed by atoms with Crippen LogP contribution in [-0.4, -0.2) is 15.3 Å². The zero-order chi connectivity index (χ0) is 14.8. The van der Waals surface area contributed by atoms with E-state index >= 15 is 0 Å². The third-order valence-electron chi connectivity index (χ3n) is 3.85. The maximum absolute atomic E-state index is 12.8. The monoisotopic (exact) mass is 305 g/mol. The van der Waals surface area contributed by atoms with E-state index in [-0.39, 0.29) is 5.82 Å². The summed E-state index contributed by atoms with van der Waals surface area (Å²) in [5.41, 5.74) is 2.13. The van der Waals surface area contributed by atoms with Crippen LogP contribution in [0.5, 0.6) is 0 Å². The molecular weight excluding hydrogens is 289 g/mol. The zero-order valence-corrected chi connectivity index (χ0v) is 12.1. The average Bonchev–Trinajstić information content (AvgIpc) is 3.26. The van der Waals surface area contributed by atoms with E-state index in [1.807, 2.05) is 12.1 Å². The van der Waals surface area contributed by atoms with E-state index in [2.05, 4.69) is 5.32 Å². The van der Waals surface area contributed by atoms with Crippen LogP contribution in [0.3, 0.4) is 0 Å². The highest BCUT2D eigenvalue weighted by molar-refractivity contribution is 7.79. The van der Waals surface area contributed by atoms with Gasteiger partial charge in [0.15, 0.2) is 11.1 Å². The molecular formula is C16H16FNO2S. The van der Waals surface area contributed by atoms with Gasteiger partial charge in [0.05, 0.1) is 4.90 Å². The Bertz CT molecular complexity index is 642. The van der Waals surface area contributed by atoms with E-state index in [9.17, 15) is 8.60 Å². The number of nitrogens with one attached hydrogen (secondary N) is 1. The minimum Gasteiger partial charge on any atom is -0.385 e. The van der Waals surface area contributed by atoms with E-state index in [0.29, 0.717) is 16.7 Å². The lowest BCUT2D eigenvalue weighted by Crippen LogP contribution is -2.04. The van der Waals surface area contributed by atoms with Crippen molar-refractivity contribution in [2.45, 2.75) is 17.2 Å². The molecule has 2 N–H and O–H groups in total. The lowest BCUT2D eigenvalue weighted by Gasteiger charge is -2.06. The van der Waals surface area contributed by atoms with Crippen molar-refractivity contribution in [3.05, 3.63) is 59.9 Å². The van der Waals surface area contributed by atoms with E-state index < -0.39 is 11.1 Å². The Morgan fingerprint density at radius 2 is 1.81 bits per heavy atom. The fraction of sp³-hybridized carbons (Fsp3) is 0.250. The summed E-state index contributed by atoms with van der Waals surface area (Å²) < 4.78 is 32.7. The number of halogens is 1. The number of anilines is 1. The normalized spacial score (nSPS) is 21.8. The smallest absolute Gasteiger partial charge is 0.186 e. The number of hydrogen-bond acceptors (Lipinski definition) is 2. The van der Waals surface area contributed by atoms with Crippen molar-refractivity contribution in [1.29, 1.82) is 0 Å². The van der Waals surface area contributed by atoms with Crippen LogP contribution < -0.4 is 5.32 Å². The van der Waals surface area contributed by atoms with E-state index in [1.165, 1.54) is 17.7 Å². The Balaban J connectivity index is 1.54. The van der Waals surface area contributed by atoms with Gasteiger partial charge in [-0.05, 0) is 60.2 Å². The van der Waals surface area contributed by atoms with Crippen LogP contribution in [0.25, 0.3) is 0 Å². The van der Waals surface area contributed by atoms with Gasteiger partial charge in [-0.1, -0.05) is 12.1 Å². The lowest BCUT2D eigenvalue weighted by atomic mass is 10.1. The predicted octanol–water partition coefficient (Wildman–Crippen LogP) is 3.62. The quantitative estimate of drug-likeness (QED) is 0.830. The van der Waals surface area contributed by atoms with Crippen molar-refractivity contribution >= 4 is 16.8 Å². The summed E-state index contributed by atoms with van der Waals surface area (Å²) in [5.74, 6) is 0.825. The standard InChI is InChI=1S/C16H16FNO2S/c17-13-3-5-14(6-4-13)18-10-12-9-16(12)11-1-7-15(8-2-11)21(19)20/h1-8,12,16,18H,9-10H2,(H,19,20). The molecule has 3 unspecified atom stereocenters. The fourth-order valence-electron chi connectivity index (χ4n) is 2.53.